The number of hydrogen-bond donors (Lipinski definition) is 0. The molecule has 2 saturated carbocycles. The number of rotatable bonds is 0. The molecule has 70 valence electrons. The summed E-state index contributed by atoms with van der Waals surface area (Å²) in [4.78, 5) is 0. The van der Waals surface area contributed by atoms with Crippen LogP contribution >= 0.6 is 0 Å². The molecule has 0 aromatic heterocycles. The third-order valence-corrected chi connectivity index (χ3v) is 4.27. The Kier molecular flexibility index (Phi) is 2.43. The molecule has 0 heteroatoms. The molecule has 2 aliphatic rings. The molecule has 2 rings (SSSR count). The van der Waals surface area contributed by atoms with E-state index in [1.54, 1.807) is 6.42 Å². The molecule has 0 nitrogen and oxygen atoms in total. The van der Waals surface area contributed by atoms with E-state index in [2.05, 4.69) is 13.8 Å². The third-order valence-electron chi connectivity index (χ3n) is 4.27. The lowest BCUT2D eigenvalue weighted by atomic mass is 9.64. The first-order chi connectivity index (χ1) is 5.77. The van der Waals surface area contributed by atoms with E-state index < -0.39 is 0 Å². The summed E-state index contributed by atoms with van der Waals surface area (Å²) in [7, 11) is 0. The Bertz CT molecular complexity index is 150. The van der Waals surface area contributed by atoms with Crippen molar-refractivity contribution in [2.75, 3.05) is 0 Å². The molecule has 0 aromatic rings. The lowest BCUT2D eigenvalue weighted by Gasteiger charge is -2.42. The minimum absolute atomic E-state index is 1.02. The largest absolute Gasteiger partial charge is 0.0625 e. The first-order valence-corrected chi connectivity index (χ1v) is 5.77. The highest BCUT2D eigenvalue weighted by atomic mass is 14.4. The van der Waals surface area contributed by atoms with Crippen molar-refractivity contribution in [2.24, 2.45) is 23.7 Å². The van der Waals surface area contributed by atoms with E-state index in [0.717, 1.165) is 23.7 Å². The molecule has 0 N–H and O–H groups in total. The van der Waals surface area contributed by atoms with Gasteiger partial charge in [0.25, 0.3) is 0 Å². The highest BCUT2D eigenvalue weighted by molar-refractivity contribution is 4.85. The molecule has 1 unspecified atom stereocenters. The zero-order valence-electron chi connectivity index (χ0n) is 8.55. The fraction of sp³-hybridized carbons (Fsp3) is 1.00. The molecular formula is C12H22. The van der Waals surface area contributed by atoms with E-state index in [0.29, 0.717) is 0 Å². The van der Waals surface area contributed by atoms with Crippen LogP contribution in [0.4, 0.5) is 0 Å². The van der Waals surface area contributed by atoms with Crippen molar-refractivity contribution in [3.05, 3.63) is 0 Å². The average Bonchev–Trinajstić information content (AvgIpc) is 2.04. The summed E-state index contributed by atoms with van der Waals surface area (Å²) in [5, 5.41) is 0. The van der Waals surface area contributed by atoms with Gasteiger partial charge in [0.2, 0.25) is 0 Å². The maximum atomic E-state index is 2.48. The summed E-state index contributed by atoms with van der Waals surface area (Å²) < 4.78 is 0. The van der Waals surface area contributed by atoms with Gasteiger partial charge in [-0.05, 0) is 36.5 Å². The molecular weight excluding hydrogens is 144 g/mol. The minimum atomic E-state index is 1.02. The fourth-order valence-electron chi connectivity index (χ4n) is 3.52. The molecule has 2 fully saturated rings. The van der Waals surface area contributed by atoms with Gasteiger partial charge in [-0.15, -0.1) is 0 Å². The van der Waals surface area contributed by atoms with Gasteiger partial charge in [0.15, 0.2) is 0 Å². The maximum Gasteiger partial charge on any atom is -0.0360 e. The van der Waals surface area contributed by atoms with E-state index in [1.807, 2.05) is 0 Å². The summed E-state index contributed by atoms with van der Waals surface area (Å²) >= 11 is 0. The van der Waals surface area contributed by atoms with Gasteiger partial charge in [0.1, 0.15) is 0 Å². The molecule has 0 radical (unpaired) electrons. The molecule has 2 aliphatic carbocycles. The Morgan fingerprint density at radius 1 is 0.917 bits per heavy atom. The van der Waals surface area contributed by atoms with Crippen molar-refractivity contribution in [1.29, 1.82) is 0 Å². The quantitative estimate of drug-likeness (QED) is 0.512. The van der Waals surface area contributed by atoms with Gasteiger partial charge in [-0.25, -0.2) is 0 Å². The summed E-state index contributed by atoms with van der Waals surface area (Å²) in [5.74, 6) is 4.28. The predicted molar refractivity (Wildman–Crippen MR) is 53.0 cm³/mol. The van der Waals surface area contributed by atoms with Gasteiger partial charge in [-0.1, -0.05) is 39.5 Å². The van der Waals surface area contributed by atoms with Crippen molar-refractivity contribution < 1.29 is 0 Å². The first kappa shape index (κ1) is 8.59. The zero-order chi connectivity index (χ0) is 8.55. The van der Waals surface area contributed by atoms with Crippen molar-refractivity contribution in [3.63, 3.8) is 0 Å². The van der Waals surface area contributed by atoms with E-state index >= 15 is 0 Å². The first-order valence-electron chi connectivity index (χ1n) is 5.77. The summed E-state index contributed by atoms with van der Waals surface area (Å²) in [6, 6.07) is 0. The van der Waals surface area contributed by atoms with Crippen LogP contribution in [0.25, 0.3) is 0 Å². The molecule has 12 heavy (non-hydrogen) atoms. The highest BCUT2D eigenvalue weighted by Crippen LogP contribution is 2.45. The van der Waals surface area contributed by atoms with E-state index in [-0.39, 0.29) is 0 Å². The molecule has 0 aliphatic heterocycles. The van der Waals surface area contributed by atoms with Crippen molar-refractivity contribution in [3.8, 4) is 0 Å². The lowest BCUT2D eigenvalue weighted by Crippen LogP contribution is -2.31. The summed E-state index contributed by atoms with van der Waals surface area (Å²) in [6.07, 6.45) is 9.14. The smallest absolute Gasteiger partial charge is 0.0360 e. The normalized spacial score (nSPS) is 48.5. The van der Waals surface area contributed by atoms with Crippen LogP contribution in [0.5, 0.6) is 0 Å². The Labute approximate surface area is 76.7 Å². The Morgan fingerprint density at radius 3 is 2.58 bits per heavy atom. The van der Waals surface area contributed by atoms with Gasteiger partial charge < -0.3 is 0 Å². The van der Waals surface area contributed by atoms with Crippen LogP contribution in [-0.4, -0.2) is 0 Å². The zero-order valence-corrected chi connectivity index (χ0v) is 8.55. The van der Waals surface area contributed by atoms with Crippen LogP contribution in [-0.2, 0) is 0 Å². The standard InChI is InChI=1S/C12H22/c1-9-6-7-12-10(2)4-3-5-11(12)8-9/h9-12H,3-8H2,1-2H3/t9?,10-,11+,12+/m0/s1. The minimum Gasteiger partial charge on any atom is -0.0625 e. The van der Waals surface area contributed by atoms with Gasteiger partial charge in [-0.3, -0.25) is 0 Å². The van der Waals surface area contributed by atoms with Crippen molar-refractivity contribution in [1.82, 2.24) is 0 Å². The fourth-order valence-corrected chi connectivity index (χ4v) is 3.52. The van der Waals surface area contributed by atoms with Gasteiger partial charge in [0.05, 0.1) is 0 Å². The van der Waals surface area contributed by atoms with Crippen molar-refractivity contribution in [2.45, 2.75) is 52.4 Å². The van der Waals surface area contributed by atoms with Crippen LogP contribution in [0.1, 0.15) is 52.4 Å². The van der Waals surface area contributed by atoms with Crippen LogP contribution < -0.4 is 0 Å². The van der Waals surface area contributed by atoms with Crippen LogP contribution in [0, 0.1) is 23.7 Å². The molecule has 0 bridgehead atoms. The predicted octanol–water partition coefficient (Wildman–Crippen LogP) is 3.86. The number of hydrogen-bond acceptors (Lipinski definition) is 0. The Hall–Kier alpha value is 0. The summed E-state index contributed by atoms with van der Waals surface area (Å²) in [5.41, 5.74) is 0. The van der Waals surface area contributed by atoms with E-state index in [9.17, 15) is 0 Å². The van der Waals surface area contributed by atoms with Crippen LogP contribution in [0.15, 0.2) is 0 Å². The highest BCUT2D eigenvalue weighted by Gasteiger charge is 2.34. The molecule has 0 spiro atoms. The second-order valence-electron chi connectivity index (χ2n) is 5.25. The van der Waals surface area contributed by atoms with E-state index in [1.165, 1.54) is 32.1 Å². The molecule has 0 amide bonds. The topological polar surface area (TPSA) is 0 Å². The van der Waals surface area contributed by atoms with Crippen LogP contribution in [0.2, 0.25) is 0 Å². The lowest BCUT2D eigenvalue weighted by molar-refractivity contribution is 0.0892. The van der Waals surface area contributed by atoms with Gasteiger partial charge >= 0.3 is 0 Å². The van der Waals surface area contributed by atoms with Gasteiger partial charge in [0, 0.05) is 0 Å². The molecule has 0 heterocycles. The Balaban J connectivity index is 1.99. The molecule has 0 saturated heterocycles. The molecule has 0 aromatic carbocycles. The van der Waals surface area contributed by atoms with Crippen molar-refractivity contribution >= 4 is 0 Å². The number of fused-ring (bicyclic) bond motifs is 1. The molecule has 4 atom stereocenters. The summed E-state index contributed by atoms with van der Waals surface area (Å²) in [6.45, 7) is 4.92. The SMILES string of the molecule is CC1CC[C@H]2[C@H](CCC[C@@H]2C)C1. The Morgan fingerprint density at radius 2 is 1.75 bits per heavy atom. The van der Waals surface area contributed by atoms with E-state index in [4.69, 9.17) is 0 Å². The van der Waals surface area contributed by atoms with Gasteiger partial charge in [-0.2, -0.15) is 0 Å². The third kappa shape index (κ3) is 1.53. The maximum absolute atomic E-state index is 2.48. The monoisotopic (exact) mass is 166 g/mol. The second-order valence-corrected chi connectivity index (χ2v) is 5.25. The van der Waals surface area contributed by atoms with Crippen LogP contribution in [0.3, 0.4) is 0 Å². The average molecular weight is 166 g/mol. The second kappa shape index (κ2) is 3.40.